The first kappa shape index (κ1) is 10.8. The minimum atomic E-state index is -0.576. The summed E-state index contributed by atoms with van der Waals surface area (Å²) >= 11 is 3.16. The van der Waals surface area contributed by atoms with Crippen LogP contribution in [0.2, 0.25) is 0 Å². The second-order valence-corrected chi connectivity index (χ2v) is 3.25. The number of carbonyl (C=O) groups excluding carboxylic acids is 1. The van der Waals surface area contributed by atoms with Crippen LogP contribution >= 0.6 is 15.9 Å². The Labute approximate surface area is 89.3 Å². The lowest BCUT2D eigenvalue weighted by Crippen LogP contribution is -2.09. The second kappa shape index (κ2) is 4.28. The van der Waals surface area contributed by atoms with E-state index < -0.39 is 5.97 Å². The van der Waals surface area contributed by atoms with Crippen LogP contribution in [0.4, 0.5) is 5.69 Å². The Morgan fingerprint density at radius 1 is 1.57 bits per heavy atom. The molecular formula is C8H9BrN2O3. The van der Waals surface area contributed by atoms with Crippen LogP contribution in [0.15, 0.2) is 10.7 Å². The molecule has 2 N–H and O–H groups in total. The van der Waals surface area contributed by atoms with Gasteiger partial charge in [0.05, 0.1) is 24.4 Å². The van der Waals surface area contributed by atoms with Crippen LogP contribution < -0.4 is 10.5 Å². The number of nitrogens with zero attached hydrogens (tertiary/aromatic N) is 1. The lowest BCUT2D eigenvalue weighted by atomic mass is 10.2. The molecule has 0 bridgehead atoms. The molecule has 0 unspecified atom stereocenters. The number of halogens is 1. The molecular weight excluding hydrogens is 252 g/mol. The molecule has 0 spiro atoms. The summed E-state index contributed by atoms with van der Waals surface area (Å²) in [4.78, 5) is 15.2. The molecule has 14 heavy (non-hydrogen) atoms. The molecule has 0 aromatic carbocycles. The van der Waals surface area contributed by atoms with Gasteiger partial charge in [0.1, 0.15) is 5.56 Å². The Balaban J connectivity index is 3.35. The number of rotatable bonds is 2. The highest BCUT2D eigenvalue weighted by Crippen LogP contribution is 2.29. The molecule has 0 aliphatic carbocycles. The Morgan fingerprint density at radius 3 is 2.71 bits per heavy atom. The number of ether oxygens (including phenoxy) is 2. The van der Waals surface area contributed by atoms with Gasteiger partial charge in [0.2, 0.25) is 5.88 Å². The molecule has 0 atom stereocenters. The minimum absolute atomic E-state index is 0.129. The van der Waals surface area contributed by atoms with Crippen molar-refractivity contribution in [2.24, 2.45) is 0 Å². The zero-order valence-corrected chi connectivity index (χ0v) is 9.29. The maximum Gasteiger partial charge on any atom is 0.345 e. The molecule has 0 saturated carbocycles. The SMILES string of the molecule is COC(=O)c1c(OC)ncc(Br)c1N. The maximum atomic E-state index is 11.3. The fourth-order valence-electron chi connectivity index (χ4n) is 0.938. The minimum Gasteiger partial charge on any atom is -0.480 e. The van der Waals surface area contributed by atoms with Crippen molar-refractivity contribution in [2.45, 2.75) is 0 Å². The summed E-state index contributed by atoms with van der Waals surface area (Å²) in [7, 11) is 2.67. The third-order valence-electron chi connectivity index (χ3n) is 1.62. The van der Waals surface area contributed by atoms with Crippen molar-refractivity contribution >= 4 is 27.6 Å². The first-order chi connectivity index (χ1) is 6.61. The summed E-state index contributed by atoms with van der Waals surface area (Å²) in [5.41, 5.74) is 6.05. The normalized spacial score (nSPS) is 9.64. The van der Waals surface area contributed by atoms with E-state index in [1.165, 1.54) is 20.4 Å². The van der Waals surface area contributed by atoms with E-state index >= 15 is 0 Å². The van der Waals surface area contributed by atoms with E-state index in [9.17, 15) is 4.79 Å². The van der Waals surface area contributed by atoms with E-state index in [4.69, 9.17) is 10.5 Å². The van der Waals surface area contributed by atoms with Crippen molar-refractivity contribution in [3.8, 4) is 5.88 Å². The van der Waals surface area contributed by atoms with Gasteiger partial charge in [-0.2, -0.15) is 0 Å². The van der Waals surface area contributed by atoms with Gasteiger partial charge in [-0.1, -0.05) is 0 Å². The number of aromatic nitrogens is 1. The number of hydrogen-bond donors (Lipinski definition) is 1. The fourth-order valence-corrected chi connectivity index (χ4v) is 1.24. The molecule has 0 aliphatic heterocycles. The molecule has 1 rings (SSSR count). The number of esters is 1. The summed E-state index contributed by atoms with van der Waals surface area (Å²) in [6, 6.07) is 0. The van der Waals surface area contributed by atoms with Crippen molar-refractivity contribution in [3.63, 3.8) is 0 Å². The molecule has 0 radical (unpaired) electrons. The number of pyridine rings is 1. The summed E-state index contributed by atoms with van der Waals surface area (Å²) in [6.07, 6.45) is 1.46. The van der Waals surface area contributed by atoms with Crippen molar-refractivity contribution in [1.82, 2.24) is 4.98 Å². The molecule has 0 amide bonds. The number of methoxy groups -OCH3 is 2. The lowest BCUT2D eigenvalue weighted by molar-refractivity contribution is 0.0597. The third kappa shape index (κ3) is 1.79. The fraction of sp³-hybridized carbons (Fsp3) is 0.250. The zero-order valence-electron chi connectivity index (χ0n) is 7.70. The Kier molecular flexibility index (Phi) is 3.29. The number of nitrogen functional groups attached to an aromatic ring is 1. The topological polar surface area (TPSA) is 74.4 Å². The van der Waals surface area contributed by atoms with Crippen LogP contribution in [-0.2, 0) is 4.74 Å². The van der Waals surface area contributed by atoms with Gasteiger partial charge in [0.15, 0.2) is 0 Å². The number of hydrogen-bond acceptors (Lipinski definition) is 5. The largest absolute Gasteiger partial charge is 0.480 e. The number of nitrogens with two attached hydrogens (primary N) is 1. The van der Waals surface area contributed by atoms with Gasteiger partial charge in [-0.15, -0.1) is 0 Å². The first-order valence-electron chi connectivity index (χ1n) is 3.68. The van der Waals surface area contributed by atoms with E-state index in [0.29, 0.717) is 4.47 Å². The predicted octanol–water partition coefficient (Wildman–Crippen LogP) is 1.22. The van der Waals surface area contributed by atoms with Gasteiger partial charge in [-0.3, -0.25) is 0 Å². The van der Waals surface area contributed by atoms with E-state index in [2.05, 4.69) is 25.7 Å². The lowest BCUT2D eigenvalue weighted by Gasteiger charge is -2.09. The van der Waals surface area contributed by atoms with Gasteiger partial charge in [-0.25, -0.2) is 9.78 Å². The van der Waals surface area contributed by atoms with Gasteiger partial charge >= 0.3 is 5.97 Å². The molecule has 76 valence electrons. The summed E-state index contributed by atoms with van der Waals surface area (Å²) in [6.45, 7) is 0. The smallest absolute Gasteiger partial charge is 0.345 e. The van der Waals surface area contributed by atoms with Gasteiger partial charge < -0.3 is 15.2 Å². The monoisotopic (exact) mass is 260 g/mol. The molecule has 6 heteroatoms. The van der Waals surface area contributed by atoms with E-state index in [0.717, 1.165) is 0 Å². The average molecular weight is 261 g/mol. The van der Waals surface area contributed by atoms with Crippen molar-refractivity contribution in [2.75, 3.05) is 20.0 Å². The van der Waals surface area contributed by atoms with E-state index in [1.807, 2.05) is 0 Å². The highest BCUT2D eigenvalue weighted by molar-refractivity contribution is 9.10. The van der Waals surface area contributed by atoms with Crippen LogP contribution in [-0.4, -0.2) is 25.2 Å². The number of carbonyl (C=O) groups is 1. The molecule has 5 nitrogen and oxygen atoms in total. The molecule has 1 heterocycles. The van der Waals surface area contributed by atoms with Crippen molar-refractivity contribution < 1.29 is 14.3 Å². The van der Waals surface area contributed by atoms with Gasteiger partial charge in [-0.05, 0) is 15.9 Å². The van der Waals surface area contributed by atoms with E-state index in [-0.39, 0.29) is 17.1 Å². The molecule has 0 fully saturated rings. The van der Waals surface area contributed by atoms with Crippen LogP contribution in [0.25, 0.3) is 0 Å². The van der Waals surface area contributed by atoms with Crippen molar-refractivity contribution in [3.05, 3.63) is 16.2 Å². The number of anilines is 1. The third-order valence-corrected chi connectivity index (χ3v) is 2.25. The molecule has 1 aromatic heterocycles. The van der Waals surface area contributed by atoms with Crippen LogP contribution in [0, 0.1) is 0 Å². The summed E-state index contributed by atoms with van der Waals surface area (Å²) in [5.74, 6) is -0.425. The molecule has 0 aliphatic rings. The Bertz CT molecular complexity index is 368. The predicted molar refractivity (Wildman–Crippen MR) is 54.2 cm³/mol. The van der Waals surface area contributed by atoms with Crippen LogP contribution in [0.5, 0.6) is 5.88 Å². The quantitative estimate of drug-likeness (QED) is 0.810. The summed E-state index contributed by atoms with van der Waals surface area (Å²) in [5, 5.41) is 0. The highest BCUT2D eigenvalue weighted by atomic mass is 79.9. The van der Waals surface area contributed by atoms with Crippen LogP contribution in [0.1, 0.15) is 10.4 Å². The summed E-state index contributed by atoms with van der Waals surface area (Å²) < 4.78 is 9.97. The standard InChI is InChI=1S/C8H9BrN2O3/c1-13-7-5(8(12)14-2)6(10)4(9)3-11-7/h3H,1-2H3,(H2,10,11). The molecule has 0 saturated heterocycles. The molecule has 1 aromatic rings. The van der Waals surface area contributed by atoms with Crippen molar-refractivity contribution in [1.29, 1.82) is 0 Å². The van der Waals surface area contributed by atoms with Gasteiger partial charge in [0.25, 0.3) is 0 Å². The van der Waals surface area contributed by atoms with Crippen LogP contribution in [0.3, 0.4) is 0 Å². The average Bonchev–Trinajstić information content (AvgIpc) is 2.20. The van der Waals surface area contributed by atoms with Gasteiger partial charge in [0, 0.05) is 6.20 Å². The van der Waals surface area contributed by atoms with E-state index in [1.54, 1.807) is 0 Å². The maximum absolute atomic E-state index is 11.3. The first-order valence-corrected chi connectivity index (χ1v) is 4.47. The Hall–Kier alpha value is -1.30. The highest BCUT2D eigenvalue weighted by Gasteiger charge is 2.19. The second-order valence-electron chi connectivity index (χ2n) is 2.40. The Morgan fingerprint density at radius 2 is 2.21 bits per heavy atom. The zero-order chi connectivity index (χ0) is 10.7.